The van der Waals surface area contributed by atoms with Gasteiger partial charge in [0.2, 0.25) is 5.91 Å². The molecule has 1 aliphatic heterocycles. The lowest BCUT2D eigenvalue weighted by Gasteiger charge is -2.23. The van der Waals surface area contributed by atoms with Crippen LogP contribution in [-0.4, -0.2) is 51.8 Å². The van der Waals surface area contributed by atoms with Crippen molar-refractivity contribution in [1.29, 1.82) is 0 Å². The highest BCUT2D eigenvalue weighted by Crippen LogP contribution is 2.15. The maximum absolute atomic E-state index is 11.8. The van der Waals surface area contributed by atoms with Crippen molar-refractivity contribution in [2.75, 3.05) is 44.1 Å². The van der Waals surface area contributed by atoms with Crippen LogP contribution < -0.4 is 20.9 Å². The molecule has 3 N–H and O–H groups in total. The Morgan fingerprint density at radius 1 is 1.17 bits per heavy atom. The minimum atomic E-state index is -0.324. The van der Waals surface area contributed by atoms with Crippen molar-refractivity contribution in [3.05, 3.63) is 24.3 Å². The molecule has 1 fully saturated rings. The molecule has 0 atom stereocenters. The summed E-state index contributed by atoms with van der Waals surface area (Å²) < 4.78 is 5.23. The van der Waals surface area contributed by atoms with E-state index in [2.05, 4.69) is 16.0 Å². The van der Waals surface area contributed by atoms with Gasteiger partial charge in [0.05, 0.1) is 6.54 Å². The van der Waals surface area contributed by atoms with E-state index in [-0.39, 0.29) is 24.5 Å². The number of anilines is 2. The highest BCUT2D eigenvalue weighted by Gasteiger charge is 2.16. The van der Waals surface area contributed by atoms with E-state index >= 15 is 0 Å². The SMILES string of the molecule is CN(C)c1ccc(NC(=O)CNC(=O)NC2CCOCC2)cc1. The molecule has 2 rings (SSSR count). The average molecular weight is 320 g/mol. The molecule has 0 aromatic heterocycles. The molecule has 1 aliphatic rings. The second kappa shape index (κ2) is 8.38. The molecule has 1 heterocycles. The summed E-state index contributed by atoms with van der Waals surface area (Å²) in [5.41, 5.74) is 1.75. The number of carbonyl (C=O) groups is 2. The number of nitrogens with zero attached hydrogens (tertiary/aromatic N) is 1. The quantitative estimate of drug-likeness (QED) is 0.760. The van der Waals surface area contributed by atoms with Gasteiger partial charge in [0, 0.05) is 44.7 Å². The summed E-state index contributed by atoms with van der Waals surface area (Å²) >= 11 is 0. The van der Waals surface area contributed by atoms with E-state index in [4.69, 9.17) is 4.74 Å². The Hall–Kier alpha value is -2.28. The Morgan fingerprint density at radius 3 is 2.43 bits per heavy atom. The molecule has 7 nitrogen and oxygen atoms in total. The molecule has 0 aliphatic carbocycles. The zero-order valence-electron chi connectivity index (χ0n) is 13.6. The fourth-order valence-corrected chi connectivity index (χ4v) is 2.29. The van der Waals surface area contributed by atoms with Crippen molar-refractivity contribution in [3.8, 4) is 0 Å². The third-order valence-electron chi connectivity index (χ3n) is 3.63. The standard InChI is InChI=1S/C16H24N4O3/c1-20(2)14-5-3-12(4-6-14)18-15(21)11-17-16(22)19-13-7-9-23-10-8-13/h3-6,13H,7-11H2,1-2H3,(H,18,21)(H2,17,19,22). The van der Waals surface area contributed by atoms with Gasteiger partial charge in [0.15, 0.2) is 0 Å². The summed E-state index contributed by atoms with van der Waals surface area (Å²) in [6.45, 7) is 1.26. The van der Waals surface area contributed by atoms with Crippen molar-refractivity contribution in [2.24, 2.45) is 0 Å². The summed E-state index contributed by atoms with van der Waals surface area (Å²) in [6.07, 6.45) is 1.61. The van der Waals surface area contributed by atoms with E-state index in [0.29, 0.717) is 18.9 Å². The van der Waals surface area contributed by atoms with Gasteiger partial charge >= 0.3 is 6.03 Å². The number of benzene rings is 1. The van der Waals surface area contributed by atoms with Gasteiger partial charge in [-0.3, -0.25) is 4.79 Å². The number of amides is 3. The van der Waals surface area contributed by atoms with Gasteiger partial charge < -0.3 is 25.6 Å². The molecular formula is C16H24N4O3. The highest BCUT2D eigenvalue weighted by atomic mass is 16.5. The Morgan fingerprint density at radius 2 is 1.83 bits per heavy atom. The molecule has 1 saturated heterocycles. The van der Waals surface area contributed by atoms with Crippen molar-refractivity contribution in [1.82, 2.24) is 10.6 Å². The summed E-state index contributed by atoms with van der Waals surface area (Å²) in [4.78, 5) is 25.6. The number of ether oxygens (including phenoxy) is 1. The average Bonchev–Trinajstić information content (AvgIpc) is 2.54. The number of nitrogens with one attached hydrogen (secondary N) is 3. The first-order chi connectivity index (χ1) is 11.0. The summed E-state index contributed by atoms with van der Waals surface area (Å²) in [5.74, 6) is -0.260. The fraction of sp³-hybridized carbons (Fsp3) is 0.500. The van der Waals surface area contributed by atoms with Crippen molar-refractivity contribution in [3.63, 3.8) is 0 Å². The second-order valence-corrected chi connectivity index (χ2v) is 5.70. The minimum absolute atomic E-state index is 0.0650. The normalized spacial score (nSPS) is 14.9. The molecule has 0 spiro atoms. The molecule has 0 bridgehead atoms. The van der Waals surface area contributed by atoms with E-state index in [0.717, 1.165) is 18.5 Å². The van der Waals surface area contributed by atoms with E-state index in [1.807, 2.05) is 43.3 Å². The van der Waals surface area contributed by atoms with Crippen LogP contribution in [0.3, 0.4) is 0 Å². The smallest absolute Gasteiger partial charge is 0.315 e. The maximum atomic E-state index is 11.8. The molecule has 0 unspecified atom stereocenters. The monoisotopic (exact) mass is 320 g/mol. The molecule has 126 valence electrons. The van der Waals surface area contributed by atoms with Gasteiger partial charge in [-0.2, -0.15) is 0 Å². The first kappa shape index (κ1) is 17.1. The van der Waals surface area contributed by atoms with Gasteiger partial charge in [-0.05, 0) is 37.1 Å². The van der Waals surface area contributed by atoms with E-state index in [1.54, 1.807) is 0 Å². The fourth-order valence-electron chi connectivity index (χ4n) is 2.29. The second-order valence-electron chi connectivity index (χ2n) is 5.70. The predicted octanol–water partition coefficient (Wildman–Crippen LogP) is 1.17. The zero-order chi connectivity index (χ0) is 16.7. The van der Waals surface area contributed by atoms with Crippen LogP contribution in [-0.2, 0) is 9.53 Å². The predicted molar refractivity (Wildman–Crippen MR) is 89.8 cm³/mol. The van der Waals surface area contributed by atoms with Crippen LogP contribution in [0.4, 0.5) is 16.2 Å². The Labute approximate surface area is 136 Å². The largest absolute Gasteiger partial charge is 0.381 e. The third-order valence-corrected chi connectivity index (χ3v) is 3.63. The van der Waals surface area contributed by atoms with Crippen molar-refractivity contribution < 1.29 is 14.3 Å². The number of hydrogen-bond acceptors (Lipinski definition) is 4. The zero-order valence-corrected chi connectivity index (χ0v) is 13.6. The van der Waals surface area contributed by atoms with Crippen LogP contribution in [0.5, 0.6) is 0 Å². The summed E-state index contributed by atoms with van der Waals surface area (Å²) in [7, 11) is 3.91. The number of carbonyl (C=O) groups excluding carboxylic acids is 2. The van der Waals surface area contributed by atoms with E-state index in [1.165, 1.54) is 0 Å². The highest BCUT2D eigenvalue weighted by molar-refractivity contribution is 5.94. The Bertz CT molecular complexity index is 525. The lowest BCUT2D eigenvalue weighted by Crippen LogP contribution is -2.46. The Kier molecular flexibility index (Phi) is 6.22. The van der Waals surface area contributed by atoms with Crippen LogP contribution in [0, 0.1) is 0 Å². The number of hydrogen-bond donors (Lipinski definition) is 3. The van der Waals surface area contributed by atoms with Crippen LogP contribution in [0.1, 0.15) is 12.8 Å². The van der Waals surface area contributed by atoms with Gasteiger partial charge in [0.1, 0.15) is 0 Å². The van der Waals surface area contributed by atoms with Gasteiger partial charge in [-0.25, -0.2) is 4.79 Å². The maximum Gasteiger partial charge on any atom is 0.315 e. The van der Waals surface area contributed by atoms with Gasteiger partial charge in [-0.15, -0.1) is 0 Å². The van der Waals surface area contributed by atoms with Gasteiger partial charge in [0.25, 0.3) is 0 Å². The van der Waals surface area contributed by atoms with Crippen LogP contribution in [0.25, 0.3) is 0 Å². The van der Waals surface area contributed by atoms with Crippen molar-refractivity contribution in [2.45, 2.75) is 18.9 Å². The van der Waals surface area contributed by atoms with Crippen molar-refractivity contribution >= 4 is 23.3 Å². The number of rotatable bonds is 5. The Balaban J connectivity index is 1.70. The molecule has 1 aromatic carbocycles. The summed E-state index contributed by atoms with van der Waals surface area (Å²) in [5, 5.41) is 8.16. The number of urea groups is 1. The summed E-state index contributed by atoms with van der Waals surface area (Å²) in [6, 6.07) is 7.28. The molecular weight excluding hydrogens is 296 g/mol. The van der Waals surface area contributed by atoms with Gasteiger partial charge in [-0.1, -0.05) is 0 Å². The van der Waals surface area contributed by atoms with Crippen LogP contribution >= 0.6 is 0 Å². The molecule has 0 saturated carbocycles. The van der Waals surface area contributed by atoms with Crippen LogP contribution in [0.2, 0.25) is 0 Å². The lowest BCUT2D eigenvalue weighted by atomic mass is 10.1. The molecule has 0 radical (unpaired) electrons. The first-order valence-electron chi connectivity index (χ1n) is 7.74. The minimum Gasteiger partial charge on any atom is -0.381 e. The third kappa shape index (κ3) is 5.78. The molecule has 7 heteroatoms. The first-order valence-corrected chi connectivity index (χ1v) is 7.74. The van der Waals surface area contributed by atoms with Crippen LogP contribution in [0.15, 0.2) is 24.3 Å². The molecule has 1 aromatic rings. The topological polar surface area (TPSA) is 82.7 Å². The van der Waals surface area contributed by atoms with E-state index in [9.17, 15) is 9.59 Å². The molecule has 3 amide bonds. The molecule has 23 heavy (non-hydrogen) atoms. The lowest BCUT2D eigenvalue weighted by molar-refractivity contribution is -0.115. The van der Waals surface area contributed by atoms with E-state index < -0.39 is 0 Å².